The molecule has 1 aromatic rings. The summed E-state index contributed by atoms with van der Waals surface area (Å²) in [6, 6.07) is 7.52. The lowest BCUT2D eigenvalue weighted by molar-refractivity contribution is 0.0601. The SMILES string of the molecule is COC(=O)c1cccc(N2CC=C(CN)CC2)c1. The third kappa shape index (κ3) is 2.71. The fraction of sp³-hybridized carbons (Fsp3) is 0.357. The van der Waals surface area contributed by atoms with Crippen LogP contribution in [0.1, 0.15) is 16.8 Å². The molecule has 0 amide bonds. The number of hydrogen-bond donors (Lipinski definition) is 1. The van der Waals surface area contributed by atoms with Crippen molar-refractivity contribution in [2.45, 2.75) is 6.42 Å². The first kappa shape index (κ1) is 12.6. The van der Waals surface area contributed by atoms with Gasteiger partial charge in [-0.15, -0.1) is 0 Å². The van der Waals surface area contributed by atoms with E-state index in [4.69, 9.17) is 10.5 Å². The van der Waals surface area contributed by atoms with Crippen molar-refractivity contribution in [3.8, 4) is 0 Å². The highest BCUT2D eigenvalue weighted by Crippen LogP contribution is 2.20. The molecule has 0 fully saturated rings. The smallest absolute Gasteiger partial charge is 0.337 e. The van der Waals surface area contributed by atoms with Gasteiger partial charge in [0.25, 0.3) is 0 Å². The third-order valence-electron chi connectivity index (χ3n) is 3.20. The lowest BCUT2D eigenvalue weighted by atomic mass is 10.1. The van der Waals surface area contributed by atoms with Crippen molar-refractivity contribution in [3.05, 3.63) is 41.5 Å². The summed E-state index contributed by atoms with van der Waals surface area (Å²) in [6.07, 6.45) is 3.15. The fourth-order valence-corrected chi connectivity index (χ4v) is 2.08. The van der Waals surface area contributed by atoms with E-state index in [-0.39, 0.29) is 5.97 Å². The zero-order valence-corrected chi connectivity index (χ0v) is 10.6. The molecule has 0 spiro atoms. The Labute approximate surface area is 107 Å². The Balaban J connectivity index is 2.15. The average Bonchev–Trinajstić information content (AvgIpc) is 2.46. The van der Waals surface area contributed by atoms with E-state index in [1.54, 1.807) is 6.07 Å². The van der Waals surface area contributed by atoms with Gasteiger partial charge in [0.05, 0.1) is 12.7 Å². The van der Waals surface area contributed by atoms with E-state index in [0.29, 0.717) is 12.1 Å². The summed E-state index contributed by atoms with van der Waals surface area (Å²) in [4.78, 5) is 13.7. The lowest BCUT2D eigenvalue weighted by Gasteiger charge is -2.28. The van der Waals surface area contributed by atoms with Crippen LogP contribution in [0.15, 0.2) is 35.9 Å². The van der Waals surface area contributed by atoms with Gasteiger partial charge in [-0.05, 0) is 24.6 Å². The summed E-state index contributed by atoms with van der Waals surface area (Å²) < 4.78 is 4.73. The largest absolute Gasteiger partial charge is 0.465 e. The van der Waals surface area contributed by atoms with Gasteiger partial charge in [0, 0.05) is 25.3 Å². The quantitative estimate of drug-likeness (QED) is 0.649. The van der Waals surface area contributed by atoms with Crippen LogP contribution in [0, 0.1) is 0 Å². The van der Waals surface area contributed by atoms with Gasteiger partial charge >= 0.3 is 5.97 Å². The number of nitrogens with zero attached hydrogens (tertiary/aromatic N) is 1. The van der Waals surface area contributed by atoms with Crippen LogP contribution < -0.4 is 10.6 Å². The zero-order valence-electron chi connectivity index (χ0n) is 10.6. The van der Waals surface area contributed by atoms with E-state index in [9.17, 15) is 4.79 Å². The number of nitrogens with two attached hydrogens (primary N) is 1. The van der Waals surface area contributed by atoms with Gasteiger partial charge in [-0.1, -0.05) is 17.7 Å². The molecule has 1 aromatic carbocycles. The maximum absolute atomic E-state index is 11.5. The normalized spacial score (nSPS) is 15.2. The molecule has 4 nitrogen and oxygen atoms in total. The maximum atomic E-state index is 11.5. The molecule has 0 saturated carbocycles. The molecule has 0 saturated heterocycles. The van der Waals surface area contributed by atoms with Crippen LogP contribution in [0.25, 0.3) is 0 Å². The predicted molar refractivity (Wildman–Crippen MR) is 71.7 cm³/mol. The van der Waals surface area contributed by atoms with Crippen molar-refractivity contribution in [3.63, 3.8) is 0 Å². The van der Waals surface area contributed by atoms with Gasteiger partial charge in [-0.25, -0.2) is 4.79 Å². The summed E-state index contributed by atoms with van der Waals surface area (Å²) in [5, 5.41) is 0. The number of rotatable bonds is 3. The van der Waals surface area contributed by atoms with Crippen LogP contribution in [0.5, 0.6) is 0 Å². The van der Waals surface area contributed by atoms with E-state index in [2.05, 4.69) is 11.0 Å². The number of methoxy groups -OCH3 is 1. The molecule has 0 bridgehead atoms. The molecule has 0 unspecified atom stereocenters. The topological polar surface area (TPSA) is 55.6 Å². The number of carbonyl (C=O) groups excluding carboxylic acids is 1. The van der Waals surface area contributed by atoms with E-state index in [0.717, 1.165) is 25.2 Å². The predicted octanol–water partition coefficient (Wildman–Crippen LogP) is 1.57. The summed E-state index contributed by atoms with van der Waals surface area (Å²) in [7, 11) is 1.40. The minimum atomic E-state index is -0.299. The van der Waals surface area contributed by atoms with Gasteiger partial charge < -0.3 is 15.4 Å². The average molecular weight is 246 g/mol. The molecule has 2 rings (SSSR count). The second-order valence-corrected chi connectivity index (χ2v) is 4.30. The highest BCUT2D eigenvalue weighted by molar-refractivity contribution is 5.90. The Morgan fingerprint density at radius 2 is 2.33 bits per heavy atom. The minimum Gasteiger partial charge on any atom is -0.465 e. The van der Waals surface area contributed by atoms with E-state index in [1.165, 1.54) is 12.7 Å². The maximum Gasteiger partial charge on any atom is 0.337 e. The number of benzene rings is 1. The molecule has 1 heterocycles. The number of hydrogen-bond acceptors (Lipinski definition) is 4. The molecular formula is C14H18N2O2. The summed E-state index contributed by atoms with van der Waals surface area (Å²) >= 11 is 0. The van der Waals surface area contributed by atoms with Crippen molar-refractivity contribution in [1.29, 1.82) is 0 Å². The molecule has 0 radical (unpaired) electrons. The van der Waals surface area contributed by atoms with Crippen molar-refractivity contribution in [2.75, 3.05) is 31.6 Å². The molecule has 1 aliphatic rings. The number of carbonyl (C=O) groups is 1. The molecule has 18 heavy (non-hydrogen) atoms. The van der Waals surface area contributed by atoms with E-state index in [1.807, 2.05) is 18.2 Å². The van der Waals surface area contributed by atoms with E-state index >= 15 is 0 Å². The third-order valence-corrected chi connectivity index (χ3v) is 3.20. The Kier molecular flexibility index (Phi) is 3.99. The Morgan fingerprint density at radius 1 is 1.50 bits per heavy atom. The Hall–Kier alpha value is -1.81. The molecule has 0 atom stereocenters. The van der Waals surface area contributed by atoms with Gasteiger partial charge in [0.1, 0.15) is 0 Å². The standard InChI is InChI=1S/C14H18N2O2/c1-18-14(17)12-3-2-4-13(9-12)16-7-5-11(10-15)6-8-16/h2-5,9H,6-8,10,15H2,1H3. The van der Waals surface area contributed by atoms with Gasteiger partial charge in [-0.2, -0.15) is 0 Å². The first-order valence-corrected chi connectivity index (χ1v) is 6.06. The van der Waals surface area contributed by atoms with Crippen LogP contribution in [0.2, 0.25) is 0 Å². The first-order chi connectivity index (χ1) is 8.74. The molecule has 2 N–H and O–H groups in total. The number of ether oxygens (including phenoxy) is 1. The van der Waals surface area contributed by atoms with Crippen LogP contribution in [0.4, 0.5) is 5.69 Å². The van der Waals surface area contributed by atoms with E-state index < -0.39 is 0 Å². The van der Waals surface area contributed by atoms with Crippen molar-refractivity contribution in [1.82, 2.24) is 0 Å². The number of esters is 1. The fourth-order valence-electron chi connectivity index (χ4n) is 2.08. The van der Waals surface area contributed by atoms with Crippen LogP contribution in [0.3, 0.4) is 0 Å². The van der Waals surface area contributed by atoms with Crippen LogP contribution in [-0.2, 0) is 4.74 Å². The molecule has 1 aliphatic heterocycles. The Morgan fingerprint density at radius 3 is 2.94 bits per heavy atom. The van der Waals surface area contributed by atoms with Gasteiger partial charge in [0.15, 0.2) is 0 Å². The highest BCUT2D eigenvalue weighted by Gasteiger charge is 2.13. The highest BCUT2D eigenvalue weighted by atomic mass is 16.5. The monoisotopic (exact) mass is 246 g/mol. The van der Waals surface area contributed by atoms with Gasteiger partial charge in [-0.3, -0.25) is 0 Å². The van der Waals surface area contributed by atoms with Crippen LogP contribution >= 0.6 is 0 Å². The van der Waals surface area contributed by atoms with Crippen molar-refractivity contribution < 1.29 is 9.53 Å². The minimum absolute atomic E-state index is 0.299. The first-order valence-electron chi connectivity index (χ1n) is 6.06. The van der Waals surface area contributed by atoms with Crippen molar-refractivity contribution in [2.24, 2.45) is 5.73 Å². The van der Waals surface area contributed by atoms with Crippen LogP contribution in [-0.4, -0.2) is 32.7 Å². The molecule has 4 heteroatoms. The zero-order chi connectivity index (χ0) is 13.0. The van der Waals surface area contributed by atoms with Gasteiger partial charge in [0.2, 0.25) is 0 Å². The second-order valence-electron chi connectivity index (χ2n) is 4.30. The number of anilines is 1. The summed E-state index contributed by atoms with van der Waals surface area (Å²) in [5.74, 6) is -0.299. The summed E-state index contributed by atoms with van der Waals surface area (Å²) in [6.45, 7) is 2.42. The molecular weight excluding hydrogens is 228 g/mol. The second kappa shape index (κ2) is 5.69. The summed E-state index contributed by atoms with van der Waals surface area (Å²) in [5.41, 5.74) is 8.56. The molecule has 0 aliphatic carbocycles. The lowest BCUT2D eigenvalue weighted by Crippen LogP contribution is -2.30. The molecule has 0 aromatic heterocycles. The molecule has 96 valence electrons. The van der Waals surface area contributed by atoms with Crippen molar-refractivity contribution >= 4 is 11.7 Å². The Bertz CT molecular complexity index is 469.